The third-order valence-corrected chi connectivity index (χ3v) is 1.21. The Morgan fingerprint density at radius 2 is 1.82 bits per heavy atom. The zero-order chi connectivity index (χ0) is 8.43. The van der Waals surface area contributed by atoms with Crippen molar-refractivity contribution in [2.24, 2.45) is 0 Å². The van der Waals surface area contributed by atoms with Crippen LogP contribution in [0, 0.1) is 0 Å². The molecule has 1 radical (unpaired) electrons. The van der Waals surface area contributed by atoms with Crippen molar-refractivity contribution in [2.45, 2.75) is 0 Å². The van der Waals surface area contributed by atoms with E-state index >= 15 is 0 Å². The van der Waals surface area contributed by atoms with Crippen LogP contribution in [0.3, 0.4) is 0 Å². The van der Waals surface area contributed by atoms with E-state index in [1.54, 1.807) is 0 Å². The lowest BCUT2D eigenvalue weighted by atomic mass is 10.2. The van der Waals surface area contributed by atoms with Gasteiger partial charge in [-0.2, -0.15) is 0 Å². The highest BCUT2D eigenvalue weighted by atomic mass is 16.4. The Balaban J connectivity index is 3.15. The Morgan fingerprint density at radius 1 is 1.18 bits per heavy atom. The number of phenols is 2. The molecule has 1 aromatic carbocycles. The average Bonchev–Trinajstić information content (AvgIpc) is 1.94. The van der Waals surface area contributed by atoms with Crippen LogP contribution in [0.2, 0.25) is 0 Å². The summed E-state index contributed by atoms with van der Waals surface area (Å²) in [5, 5.41) is 27.7. The van der Waals surface area contributed by atoms with Crippen LogP contribution in [-0.2, 0) is 5.11 Å². The summed E-state index contributed by atoms with van der Waals surface area (Å²) in [7, 11) is 0. The Kier molecular flexibility index (Phi) is 1.68. The summed E-state index contributed by atoms with van der Waals surface area (Å²) in [5.74, 6) is -2.21. The second-order valence-electron chi connectivity index (χ2n) is 1.99. The molecule has 11 heavy (non-hydrogen) atoms. The van der Waals surface area contributed by atoms with Crippen molar-refractivity contribution in [2.75, 3.05) is 0 Å². The Labute approximate surface area is 62.3 Å². The molecule has 0 saturated heterocycles. The van der Waals surface area contributed by atoms with Gasteiger partial charge < -0.3 is 10.2 Å². The molecule has 1 rings (SSSR count). The van der Waals surface area contributed by atoms with Crippen LogP contribution in [0.4, 0.5) is 0 Å². The van der Waals surface area contributed by atoms with Crippen LogP contribution >= 0.6 is 0 Å². The Hall–Kier alpha value is -1.71. The number of rotatable bonds is 1. The van der Waals surface area contributed by atoms with Crippen molar-refractivity contribution in [1.82, 2.24) is 0 Å². The van der Waals surface area contributed by atoms with Gasteiger partial charge in [0.25, 0.3) is 0 Å². The first-order valence-electron chi connectivity index (χ1n) is 2.84. The quantitative estimate of drug-likeness (QED) is 0.582. The van der Waals surface area contributed by atoms with Gasteiger partial charge in [-0.1, -0.05) is 0 Å². The molecule has 0 aliphatic carbocycles. The summed E-state index contributed by atoms with van der Waals surface area (Å²) in [6.45, 7) is 0. The smallest absolute Gasteiger partial charge is 0.386 e. The lowest BCUT2D eigenvalue weighted by Crippen LogP contribution is -1.92. The minimum absolute atomic E-state index is 0.166. The monoisotopic (exact) mass is 153 g/mol. The van der Waals surface area contributed by atoms with Gasteiger partial charge in [-0.3, -0.25) is 0 Å². The summed E-state index contributed by atoms with van der Waals surface area (Å²) in [4.78, 5) is 10.2. The highest BCUT2D eigenvalue weighted by Crippen LogP contribution is 2.24. The molecule has 0 bridgehead atoms. The SMILES string of the molecule is [O]C(=O)c1ccc(O)c(O)c1. The summed E-state index contributed by atoms with van der Waals surface area (Å²) >= 11 is 0. The maximum atomic E-state index is 10.2. The molecular formula is C7H5O4. The average molecular weight is 153 g/mol. The molecule has 0 unspecified atom stereocenters. The van der Waals surface area contributed by atoms with Gasteiger partial charge in [0.15, 0.2) is 11.5 Å². The second-order valence-corrected chi connectivity index (χ2v) is 1.99. The van der Waals surface area contributed by atoms with Crippen LogP contribution in [0.1, 0.15) is 10.4 Å². The maximum absolute atomic E-state index is 10.2. The van der Waals surface area contributed by atoms with Crippen molar-refractivity contribution < 1.29 is 20.1 Å². The van der Waals surface area contributed by atoms with Gasteiger partial charge >= 0.3 is 5.97 Å². The van der Waals surface area contributed by atoms with Crippen LogP contribution < -0.4 is 0 Å². The molecule has 0 aromatic heterocycles. The minimum atomic E-state index is -1.39. The summed E-state index contributed by atoms with van der Waals surface area (Å²) in [6.07, 6.45) is 0. The molecule has 2 N–H and O–H groups in total. The number of carbonyl (C=O) groups is 1. The van der Waals surface area contributed by atoms with E-state index in [-0.39, 0.29) is 11.3 Å². The van der Waals surface area contributed by atoms with Crippen LogP contribution in [0.15, 0.2) is 18.2 Å². The predicted molar refractivity (Wildman–Crippen MR) is 34.8 cm³/mol. The van der Waals surface area contributed by atoms with Gasteiger partial charge in [-0.05, 0) is 18.2 Å². The summed E-state index contributed by atoms with van der Waals surface area (Å²) in [6, 6.07) is 3.15. The maximum Gasteiger partial charge on any atom is 0.386 e. The molecular weight excluding hydrogens is 148 g/mol. The molecule has 4 heteroatoms. The third kappa shape index (κ3) is 1.40. The molecule has 0 spiro atoms. The summed E-state index contributed by atoms with van der Waals surface area (Å²) in [5.41, 5.74) is -0.166. The van der Waals surface area contributed by atoms with E-state index in [1.165, 1.54) is 0 Å². The van der Waals surface area contributed by atoms with Crippen LogP contribution in [0.25, 0.3) is 0 Å². The van der Waals surface area contributed by atoms with Crippen molar-refractivity contribution in [3.05, 3.63) is 23.8 Å². The summed E-state index contributed by atoms with van der Waals surface area (Å²) < 4.78 is 0. The Bertz CT molecular complexity index is 292. The third-order valence-electron chi connectivity index (χ3n) is 1.21. The van der Waals surface area contributed by atoms with E-state index in [2.05, 4.69) is 0 Å². The lowest BCUT2D eigenvalue weighted by molar-refractivity contribution is 0.0572. The van der Waals surface area contributed by atoms with Gasteiger partial charge in [-0.25, -0.2) is 9.90 Å². The molecule has 0 atom stereocenters. The van der Waals surface area contributed by atoms with Crippen LogP contribution in [0.5, 0.6) is 11.5 Å². The van der Waals surface area contributed by atoms with Crippen molar-refractivity contribution >= 4 is 5.97 Å². The molecule has 0 aliphatic heterocycles. The van der Waals surface area contributed by atoms with Crippen molar-refractivity contribution in [3.63, 3.8) is 0 Å². The topological polar surface area (TPSA) is 77.4 Å². The molecule has 1 aromatic rings. The van der Waals surface area contributed by atoms with Gasteiger partial charge in [0.1, 0.15) is 0 Å². The van der Waals surface area contributed by atoms with E-state index in [9.17, 15) is 9.90 Å². The fraction of sp³-hybridized carbons (Fsp3) is 0. The first-order valence-corrected chi connectivity index (χ1v) is 2.84. The van der Waals surface area contributed by atoms with Gasteiger partial charge in [0.05, 0.1) is 5.56 Å². The van der Waals surface area contributed by atoms with Crippen molar-refractivity contribution in [3.8, 4) is 11.5 Å². The molecule has 0 amide bonds. The molecule has 0 aliphatic rings. The Morgan fingerprint density at radius 3 is 2.27 bits per heavy atom. The van der Waals surface area contributed by atoms with Gasteiger partial charge in [0, 0.05) is 0 Å². The standard InChI is InChI=1S/C7H5O4/c8-5-2-1-4(7(10)11)3-6(5)9/h1-3,8-9H. The fourth-order valence-electron chi connectivity index (χ4n) is 0.650. The molecule has 4 nitrogen and oxygen atoms in total. The minimum Gasteiger partial charge on any atom is -0.504 e. The van der Waals surface area contributed by atoms with E-state index in [0.29, 0.717) is 0 Å². The lowest BCUT2D eigenvalue weighted by Gasteiger charge is -1.96. The van der Waals surface area contributed by atoms with Gasteiger partial charge in [-0.15, -0.1) is 0 Å². The van der Waals surface area contributed by atoms with E-state index in [0.717, 1.165) is 18.2 Å². The predicted octanol–water partition coefficient (Wildman–Crippen LogP) is 0.668. The van der Waals surface area contributed by atoms with E-state index in [4.69, 9.17) is 10.2 Å². The molecule has 0 heterocycles. The highest BCUT2D eigenvalue weighted by molar-refractivity contribution is 5.88. The fourth-order valence-corrected chi connectivity index (χ4v) is 0.650. The highest BCUT2D eigenvalue weighted by Gasteiger charge is 2.07. The first kappa shape index (κ1) is 7.40. The first-order chi connectivity index (χ1) is 5.11. The number of phenolic OH excluding ortho intramolecular Hbond substituents is 2. The molecule has 57 valence electrons. The molecule has 0 saturated carbocycles. The van der Waals surface area contributed by atoms with E-state index in [1.807, 2.05) is 0 Å². The van der Waals surface area contributed by atoms with Crippen molar-refractivity contribution in [1.29, 1.82) is 0 Å². The number of benzene rings is 1. The van der Waals surface area contributed by atoms with E-state index < -0.39 is 11.7 Å². The zero-order valence-electron chi connectivity index (χ0n) is 5.44. The number of aromatic hydroxyl groups is 2. The zero-order valence-corrected chi connectivity index (χ0v) is 5.44. The van der Waals surface area contributed by atoms with Gasteiger partial charge in [0.2, 0.25) is 0 Å². The molecule has 0 fully saturated rings. The van der Waals surface area contributed by atoms with Crippen LogP contribution in [-0.4, -0.2) is 16.2 Å². The normalized spacial score (nSPS) is 9.45. The second kappa shape index (κ2) is 2.49. The number of carbonyl (C=O) groups excluding carboxylic acids is 1. The number of hydrogen-bond donors (Lipinski definition) is 2. The largest absolute Gasteiger partial charge is 0.504 e. The number of hydrogen-bond acceptors (Lipinski definition) is 3.